The van der Waals surface area contributed by atoms with Crippen LogP contribution in [0.3, 0.4) is 0 Å². The maximum Gasteiger partial charge on any atom is 0.213 e. The first-order valence-corrected chi connectivity index (χ1v) is 7.53. The van der Waals surface area contributed by atoms with Crippen LogP contribution in [0.25, 0.3) is 0 Å². The van der Waals surface area contributed by atoms with Crippen molar-refractivity contribution in [3.8, 4) is 5.88 Å². The molecule has 0 aliphatic rings. The fraction of sp³-hybridized carbons (Fsp3) is 0.625. The number of hydrogen-bond donors (Lipinski definition) is 0. The van der Waals surface area contributed by atoms with Crippen molar-refractivity contribution in [2.75, 3.05) is 26.8 Å². The van der Waals surface area contributed by atoms with Crippen molar-refractivity contribution in [3.63, 3.8) is 0 Å². The Hall–Kier alpha value is -1.62. The maximum atomic E-state index is 5.75. The van der Waals surface area contributed by atoms with Crippen LogP contribution in [0, 0.1) is 6.92 Å². The molecule has 1 aromatic heterocycles. The second-order valence-corrected chi connectivity index (χ2v) is 5.08. The van der Waals surface area contributed by atoms with Gasteiger partial charge in [0.25, 0.3) is 0 Å². The van der Waals surface area contributed by atoms with Gasteiger partial charge in [0.1, 0.15) is 6.10 Å². The molecule has 0 saturated heterocycles. The molecule has 0 fully saturated rings. The van der Waals surface area contributed by atoms with Crippen LogP contribution in [0.4, 0.5) is 5.69 Å². The van der Waals surface area contributed by atoms with Crippen LogP contribution in [0.5, 0.6) is 5.88 Å². The van der Waals surface area contributed by atoms with Crippen molar-refractivity contribution in [2.45, 2.75) is 40.2 Å². The zero-order chi connectivity index (χ0) is 15.7. The summed E-state index contributed by atoms with van der Waals surface area (Å²) in [7, 11) is 1.99. The van der Waals surface area contributed by atoms with E-state index in [2.05, 4.69) is 23.8 Å². The summed E-state index contributed by atoms with van der Waals surface area (Å²) in [4.78, 5) is 10.9. The van der Waals surface area contributed by atoms with Gasteiger partial charge in [0, 0.05) is 26.3 Å². The van der Waals surface area contributed by atoms with E-state index in [-0.39, 0.29) is 6.10 Å². The Bertz CT molecular complexity index is 449. The fourth-order valence-corrected chi connectivity index (χ4v) is 1.61. The third kappa shape index (κ3) is 6.58. The molecule has 118 valence electrons. The molecule has 0 radical (unpaired) electrons. The molecule has 0 amide bonds. The molecule has 1 atom stereocenters. The molecular weight excluding hydrogens is 266 g/mol. The molecule has 1 aromatic rings. The van der Waals surface area contributed by atoms with Gasteiger partial charge in [0.05, 0.1) is 24.3 Å². The predicted molar refractivity (Wildman–Crippen MR) is 86.6 cm³/mol. The van der Waals surface area contributed by atoms with Crippen LogP contribution in [-0.4, -0.2) is 49.1 Å². The van der Waals surface area contributed by atoms with E-state index < -0.39 is 0 Å². The van der Waals surface area contributed by atoms with Crippen LogP contribution in [-0.2, 0) is 4.74 Å². The van der Waals surface area contributed by atoms with Gasteiger partial charge in [-0.3, -0.25) is 0 Å². The molecule has 0 aliphatic carbocycles. The molecule has 21 heavy (non-hydrogen) atoms. The van der Waals surface area contributed by atoms with Crippen molar-refractivity contribution in [1.82, 2.24) is 9.88 Å². The quantitative estimate of drug-likeness (QED) is 0.398. The summed E-state index contributed by atoms with van der Waals surface area (Å²) in [6.07, 6.45) is 2.82. The minimum absolute atomic E-state index is 0.0102. The Labute approximate surface area is 128 Å². The van der Waals surface area contributed by atoms with E-state index in [0.717, 1.165) is 31.0 Å². The van der Waals surface area contributed by atoms with E-state index in [1.807, 2.05) is 44.3 Å². The van der Waals surface area contributed by atoms with E-state index in [0.29, 0.717) is 12.5 Å². The number of pyridine rings is 1. The molecule has 0 aromatic carbocycles. The van der Waals surface area contributed by atoms with Crippen molar-refractivity contribution in [3.05, 3.63) is 17.8 Å². The average molecular weight is 293 g/mol. The molecule has 0 N–H and O–H groups in total. The highest BCUT2D eigenvalue weighted by Crippen LogP contribution is 2.20. The topological polar surface area (TPSA) is 47.0 Å². The number of aliphatic imine (C=N–C) groups is 1. The summed E-state index contributed by atoms with van der Waals surface area (Å²) < 4.78 is 11.2. The van der Waals surface area contributed by atoms with Gasteiger partial charge in [-0.15, -0.1) is 0 Å². The van der Waals surface area contributed by atoms with Gasteiger partial charge in [0.15, 0.2) is 0 Å². The van der Waals surface area contributed by atoms with Crippen molar-refractivity contribution in [1.29, 1.82) is 0 Å². The van der Waals surface area contributed by atoms with Crippen LogP contribution in [0.1, 0.15) is 32.9 Å². The SMILES string of the molecule is CCCOCC(C)Oc1ccc(/N=C\N(C)CC)c(C)n1. The van der Waals surface area contributed by atoms with E-state index in [1.165, 1.54) is 0 Å². The average Bonchev–Trinajstić information content (AvgIpc) is 2.46. The molecular formula is C16H27N3O2. The van der Waals surface area contributed by atoms with Crippen molar-refractivity contribution >= 4 is 12.0 Å². The molecule has 1 heterocycles. The van der Waals surface area contributed by atoms with Crippen molar-refractivity contribution < 1.29 is 9.47 Å². The van der Waals surface area contributed by atoms with Crippen LogP contribution in [0.2, 0.25) is 0 Å². The number of nitrogens with zero attached hydrogens (tertiary/aromatic N) is 3. The van der Waals surface area contributed by atoms with Gasteiger partial charge < -0.3 is 14.4 Å². The van der Waals surface area contributed by atoms with Gasteiger partial charge in [0.2, 0.25) is 5.88 Å². The normalized spacial score (nSPS) is 12.6. The molecule has 0 spiro atoms. The highest BCUT2D eigenvalue weighted by Gasteiger charge is 2.07. The number of aryl methyl sites for hydroxylation is 1. The van der Waals surface area contributed by atoms with Crippen molar-refractivity contribution in [2.24, 2.45) is 4.99 Å². The minimum atomic E-state index is -0.0102. The summed E-state index contributed by atoms with van der Waals surface area (Å²) in [5.41, 5.74) is 1.72. The van der Waals surface area contributed by atoms with Gasteiger partial charge in [-0.1, -0.05) is 6.92 Å². The van der Waals surface area contributed by atoms with Gasteiger partial charge in [-0.2, -0.15) is 0 Å². The van der Waals surface area contributed by atoms with Gasteiger partial charge in [-0.05, 0) is 33.3 Å². The van der Waals surface area contributed by atoms with Crippen LogP contribution < -0.4 is 4.74 Å². The smallest absolute Gasteiger partial charge is 0.213 e. The Balaban J connectivity index is 2.59. The lowest BCUT2D eigenvalue weighted by Gasteiger charge is -2.14. The third-order valence-corrected chi connectivity index (χ3v) is 2.95. The Kier molecular flexibility index (Phi) is 7.75. The Morgan fingerprint density at radius 1 is 1.38 bits per heavy atom. The van der Waals surface area contributed by atoms with Gasteiger partial charge in [-0.25, -0.2) is 9.98 Å². The predicted octanol–water partition coefficient (Wildman–Crippen LogP) is 3.20. The second kappa shape index (κ2) is 9.34. The van der Waals surface area contributed by atoms with E-state index in [9.17, 15) is 0 Å². The molecule has 1 rings (SSSR count). The molecule has 1 unspecified atom stereocenters. The third-order valence-electron chi connectivity index (χ3n) is 2.95. The number of hydrogen-bond acceptors (Lipinski definition) is 4. The lowest BCUT2D eigenvalue weighted by atomic mass is 10.3. The maximum absolute atomic E-state index is 5.75. The highest BCUT2D eigenvalue weighted by molar-refractivity contribution is 5.62. The van der Waals surface area contributed by atoms with Crippen LogP contribution >= 0.6 is 0 Å². The number of rotatable bonds is 9. The zero-order valence-corrected chi connectivity index (χ0v) is 13.8. The minimum Gasteiger partial charge on any atom is -0.472 e. The van der Waals surface area contributed by atoms with Gasteiger partial charge >= 0.3 is 0 Å². The Morgan fingerprint density at radius 2 is 2.14 bits per heavy atom. The molecule has 5 heteroatoms. The summed E-state index contributed by atoms with van der Waals surface area (Å²) >= 11 is 0. The number of ether oxygens (including phenoxy) is 2. The Morgan fingerprint density at radius 3 is 2.76 bits per heavy atom. The first-order valence-electron chi connectivity index (χ1n) is 7.53. The lowest BCUT2D eigenvalue weighted by molar-refractivity contribution is 0.0567. The molecule has 0 saturated carbocycles. The summed E-state index contributed by atoms with van der Waals surface area (Å²) in [5, 5.41) is 0. The number of aromatic nitrogens is 1. The first-order chi connectivity index (χ1) is 10.1. The molecule has 0 bridgehead atoms. The molecule has 5 nitrogen and oxygen atoms in total. The van der Waals surface area contributed by atoms with E-state index in [1.54, 1.807) is 0 Å². The largest absolute Gasteiger partial charge is 0.472 e. The highest BCUT2D eigenvalue weighted by atomic mass is 16.5. The van der Waals surface area contributed by atoms with E-state index >= 15 is 0 Å². The lowest BCUT2D eigenvalue weighted by Crippen LogP contribution is -2.20. The summed E-state index contributed by atoms with van der Waals surface area (Å²) in [5.74, 6) is 0.614. The zero-order valence-electron chi connectivity index (χ0n) is 13.8. The monoisotopic (exact) mass is 293 g/mol. The summed E-state index contributed by atoms with van der Waals surface area (Å²) in [6.45, 7) is 10.3. The fourth-order valence-electron chi connectivity index (χ4n) is 1.61. The first kappa shape index (κ1) is 17.4. The molecule has 0 aliphatic heterocycles. The van der Waals surface area contributed by atoms with Crippen LogP contribution in [0.15, 0.2) is 17.1 Å². The second-order valence-electron chi connectivity index (χ2n) is 5.08. The standard InChI is InChI=1S/C16H27N3O2/c1-6-10-20-11-13(3)21-16-9-8-15(14(4)18-16)17-12-19(5)7-2/h8-9,12-13H,6-7,10-11H2,1-5H3/b17-12-. The summed E-state index contributed by atoms with van der Waals surface area (Å²) in [6, 6.07) is 3.78. The van der Waals surface area contributed by atoms with E-state index in [4.69, 9.17) is 9.47 Å².